The zero-order chi connectivity index (χ0) is 21.2. The molecule has 1 fully saturated rings. The fourth-order valence-corrected chi connectivity index (χ4v) is 3.55. The van der Waals surface area contributed by atoms with E-state index in [4.69, 9.17) is 9.47 Å². The summed E-state index contributed by atoms with van der Waals surface area (Å²) in [5.74, 6) is -1.64. The highest BCUT2D eigenvalue weighted by atomic mass is 19.4. The van der Waals surface area contributed by atoms with Crippen LogP contribution in [0.1, 0.15) is 50.5 Å². The van der Waals surface area contributed by atoms with E-state index in [0.29, 0.717) is 12.1 Å². The van der Waals surface area contributed by atoms with Crippen LogP contribution in [-0.4, -0.2) is 35.6 Å². The summed E-state index contributed by atoms with van der Waals surface area (Å²) in [6, 6.07) is 6.03. The number of hydrogen-bond donors (Lipinski definition) is 0. The first-order chi connectivity index (χ1) is 13.7. The van der Waals surface area contributed by atoms with E-state index in [-0.39, 0.29) is 6.10 Å². The highest BCUT2D eigenvalue weighted by molar-refractivity contribution is 6.00. The smallest absolute Gasteiger partial charge is 0.417 e. The van der Waals surface area contributed by atoms with E-state index in [0.717, 1.165) is 43.0 Å². The number of esters is 1. The maximum absolute atomic E-state index is 13.1. The molecule has 156 valence electrons. The summed E-state index contributed by atoms with van der Waals surface area (Å²) in [7, 11) is 0. The SMILES string of the molecule is Cc1cc(C(=O)COC(=O)c2ccccc2C(F)(F)F)c(C)n1C[C@H]1CCCO1. The third kappa shape index (κ3) is 4.70. The van der Waals surface area contributed by atoms with Crippen LogP contribution in [0.15, 0.2) is 30.3 Å². The van der Waals surface area contributed by atoms with Gasteiger partial charge in [0.25, 0.3) is 0 Å². The molecule has 0 saturated carbocycles. The van der Waals surface area contributed by atoms with Crippen LogP contribution in [-0.2, 0) is 22.2 Å². The van der Waals surface area contributed by atoms with Crippen LogP contribution in [0.4, 0.5) is 13.2 Å². The Kier molecular flexibility index (Phi) is 6.12. The number of rotatable bonds is 6. The number of carbonyl (C=O) groups excluding carboxylic acids is 2. The van der Waals surface area contributed by atoms with Crippen molar-refractivity contribution in [2.24, 2.45) is 0 Å². The van der Waals surface area contributed by atoms with Crippen molar-refractivity contribution in [1.29, 1.82) is 0 Å². The molecule has 1 aliphatic rings. The molecule has 0 radical (unpaired) electrons. The summed E-state index contributed by atoms with van der Waals surface area (Å²) >= 11 is 0. The first-order valence-corrected chi connectivity index (χ1v) is 9.33. The van der Waals surface area contributed by atoms with Crippen LogP contribution in [0.2, 0.25) is 0 Å². The Morgan fingerprint density at radius 3 is 2.59 bits per heavy atom. The molecule has 0 N–H and O–H groups in total. The highest BCUT2D eigenvalue weighted by Gasteiger charge is 2.35. The van der Waals surface area contributed by atoms with Gasteiger partial charge in [0.2, 0.25) is 5.78 Å². The number of aryl methyl sites for hydroxylation is 1. The second-order valence-corrected chi connectivity index (χ2v) is 7.07. The van der Waals surface area contributed by atoms with Crippen molar-refractivity contribution in [3.63, 3.8) is 0 Å². The molecule has 8 heteroatoms. The van der Waals surface area contributed by atoms with Crippen LogP contribution in [0.3, 0.4) is 0 Å². The number of benzene rings is 1. The van der Waals surface area contributed by atoms with Crippen molar-refractivity contribution >= 4 is 11.8 Å². The topological polar surface area (TPSA) is 57.5 Å². The maximum Gasteiger partial charge on any atom is 0.417 e. The molecule has 1 aliphatic heterocycles. The quantitative estimate of drug-likeness (QED) is 0.526. The standard InChI is InChI=1S/C21H22F3NO4/c1-13-10-17(14(2)25(13)11-15-6-5-9-28-15)19(26)12-29-20(27)16-7-3-4-8-18(16)21(22,23)24/h3-4,7-8,10,15H,5-6,9,11-12H2,1-2H3/t15-/m1/s1. The number of ether oxygens (including phenoxy) is 2. The molecule has 1 atom stereocenters. The molecule has 0 unspecified atom stereocenters. The van der Waals surface area contributed by atoms with Gasteiger partial charge >= 0.3 is 12.1 Å². The highest BCUT2D eigenvalue weighted by Crippen LogP contribution is 2.32. The van der Waals surface area contributed by atoms with Crippen molar-refractivity contribution in [2.45, 2.75) is 45.5 Å². The van der Waals surface area contributed by atoms with Crippen molar-refractivity contribution in [3.05, 3.63) is 58.4 Å². The summed E-state index contributed by atoms with van der Waals surface area (Å²) in [4.78, 5) is 24.7. The Morgan fingerprint density at radius 2 is 1.93 bits per heavy atom. The van der Waals surface area contributed by atoms with Crippen LogP contribution in [0, 0.1) is 13.8 Å². The number of carbonyl (C=O) groups is 2. The number of ketones is 1. The van der Waals surface area contributed by atoms with Crippen molar-refractivity contribution in [3.8, 4) is 0 Å². The van der Waals surface area contributed by atoms with Crippen molar-refractivity contribution in [1.82, 2.24) is 4.57 Å². The summed E-state index contributed by atoms with van der Waals surface area (Å²) in [5, 5.41) is 0. The van der Waals surface area contributed by atoms with Gasteiger partial charge in [-0.15, -0.1) is 0 Å². The third-order valence-electron chi connectivity index (χ3n) is 5.07. The van der Waals surface area contributed by atoms with Gasteiger partial charge in [-0.2, -0.15) is 13.2 Å². The van der Waals surface area contributed by atoms with Gasteiger partial charge in [-0.3, -0.25) is 4.79 Å². The van der Waals surface area contributed by atoms with E-state index < -0.39 is 35.7 Å². The minimum atomic E-state index is -4.69. The number of nitrogens with zero attached hydrogens (tertiary/aromatic N) is 1. The minimum absolute atomic E-state index is 0.0967. The van der Waals surface area contributed by atoms with E-state index in [1.165, 1.54) is 12.1 Å². The first-order valence-electron chi connectivity index (χ1n) is 9.33. The summed E-state index contributed by atoms with van der Waals surface area (Å²) < 4.78 is 51.7. The molecule has 29 heavy (non-hydrogen) atoms. The van der Waals surface area contributed by atoms with Gasteiger partial charge in [0.15, 0.2) is 6.61 Å². The minimum Gasteiger partial charge on any atom is -0.454 e. The van der Waals surface area contributed by atoms with Crippen molar-refractivity contribution in [2.75, 3.05) is 13.2 Å². The number of aromatic nitrogens is 1. The predicted molar refractivity (Wildman–Crippen MR) is 98.9 cm³/mol. The number of hydrogen-bond acceptors (Lipinski definition) is 4. The molecule has 5 nitrogen and oxygen atoms in total. The van der Waals surface area contributed by atoms with Crippen molar-refractivity contribution < 1.29 is 32.2 Å². The van der Waals surface area contributed by atoms with Gasteiger partial charge in [0, 0.05) is 30.1 Å². The summed E-state index contributed by atoms with van der Waals surface area (Å²) in [6.07, 6.45) is -2.63. The average Bonchev–Trinajstić information content (AvgIpc) is 3.29. The number of alkyl halides is 3. The van der Waals surface area contributed by atoms with Crippen LogP contribution in [0.25, 0.3) is 0 Å². The Bertz CT molecular complexity index is 911. The Morgan fingerprint density at radius 1 is 1.21 bits per heavy atom. The van der Waals surface area contributed by atoms with Gasteiger partial charge in [-0.25, -0.2) is 4.79 Å². The molecule has 3 rings (SSSR count). The molecule has 0 aliphatic carbocycles. The lowest BCUT2D eigenvalue weighted by atomic mass is 10.1. The molecule has 2 heterocycles. The summed E-state index contributed by atoms with van der Waals surface area (Å²) in [5.41, 5.74) is 0.270. The first kappa shape index (κ1) is 21.1. The fraction of sp³-hybridized carbons (Fsp3) is 0.429. The molecule has 0 bridgehead atoms. The zero-order valence-electron chi connectivity index (χ0n) is 16.2. The maximum atomic E-state index is 13.1. The Labute approximate surface area is 166 Å². The van der Waals surface area contributed by atoms with Gasteiger partial charge in [0.05, 0.1) is 17.2 Å². The van der Waals surface area contributed by atoms with Crippen LogP contribution >= 0.6 is 0 Å². The predicted octanol–water partition coefficient (Wildman–Crippen LogP) is 4.34. The molecule has 2 aromatic rings. The lowest BCUT2D eigenvalue weighted by Gasteiger charge is -2.15. The Balaban J connectivity index is 1.69. The van der Waals surface area contributed by atoms with Crippen LogP contribution < -0.4 is 0 Å². The second kappa shape index (κ2) is 8.41. The number of halogens is 3. The average molecular weight is 409 g/mol. The molecule has 1 aromatic carbocycles. The van der Waals surface area contributed by atoms with Gasteiger partial charge < -0.3 is 14.0 Å². The molecule has 1 saturated heterocycles. The second-order valence-electron chi connectivity index (χ2n) is 7.07. The van der Waals surface area contributed by atoms with E-state index in [1.54, 1.807) is 13.0 Å². The lowest BCUT2D eigenvalue weighted by molar-refractivity contribution is -0.138. The summed E-state index contributed by atoms with van der Waals surface area (Å²) in [6.45, 7) is 4.38. The van der Waals surface area contributed by atoms with E-state index in [2.05, 4.69) is 0 Å². The van der Waals surface area contributed by atoms with E-state index >= 15 is 0 Å². The molecular weight excluding hydrogens is 387 g/mol. The Hall–Kier alpha value is -2.61. The third-order valence-corrected chi connectivity index (χ3v) is 5.07. The number of Topliss-reactive ketones (excluding diaryl/α,β-unsaturated/α-hetero) is 1. The largest absolute Gasteiger partial charge is 0.454 e. The zero-order valence-corrected chi connectivity index (χ0v) is 16.2. The monoisotopic (exact) mass is 409 g/mol. The fourth-order valence-electron chi connectivity index (χ4n) is 3.55. The van der Waals surface area contributed by atoms with Crippen LogP contribution in [0.5, 0.6) is 0 Å². The van der Waals surface area contributed by atoms with Gasteiger partial charge in [-0.05, 0) is 44.9 Å². The normalized spacial score (nSPS) is 16.8. The lowest BCUT2D eigenvalue weighted by Crippen LogP contribution is -2.19. The molecule has 0 amide bonds. The molecule has 1 aromatic heterocycles. The van der Waals surface area contributed by atoms with E-state index in [9.17, 15) is 22.8 Å². The van der Waals surface area contributed by atoms with Gasteiger partial charge in [-0.1, -0.05) is 12.1 Å². The molecular formula is C21H22F3NO4. The van der Waals surface area contributed by atoms with Gasteiger partial charge in [0.1, 0.15) is 0 Å². The van der Waals surface area contributed by atoms with E-state index in [1.807, 2.05) is 11.5 Å². The molecule has 0 spiro atoms.